The number of hydrogen-bond acceptors (Lipinski definition) is 3. The topological polar surface area (TPSA) is 75.3 Å². The van der Waals surface area contributed by atoms with Crippen LogP contribution in [-0.2, 0) is 16.3 Å². The summed E-state index contributed by atoms with van der Waals surface area (Å²) in [5, 5.41) is 5.71. The lowest BCUT2D eigenvalue weighted by molar-refractivity contribution is 0.234. The van der Waals surface area contributed by atoms with Crippen LogP contribution in [0.25, 0.3) is 0 Å². The SMILES string of the molecule is O=C(N[C@@H]1CCS(=O)(=O)C1)N[C@@H]1CCc2ccccc21. The second-order valence-corrected chi connectivity index (χ2v) is 7.74. The third kappa shape index (κ3) is 2.80. The van der Waals surface area contributed by atoms with E-state index in [-0.39, 0.29) is 29.6 Å². The summed E-state index contributed by atoms with van der Waals surface area (Å²) in [6, 6.07) is 7.60. The highest BCUT2D eigenvalue weighted by Gasteiger charge is 2.30. The maximum absolute atomic E-state index is 12.0. The number of urea groups is 1. The van der Waals surface area contributed by atoms with Crippen LogP contribution >= 0.6 is 0 Å². The molecule has 0 spiro atoms. The standard InChI is InChI=1S/C14H18N2O3S/c17-14(15-11-7-8-20(18,19)9-11)16-13-6-5-10-3-1-2-4-12(10)13/h1-4,11,13H,5-9H2,(H2,15,16,17)/t11-,13-/m1/s1. The number of rotatable bonds is 2. The Balaban J connectivity index is 1.58. The van der Waals surface area contributed by atoms with Crippen molar-refractivity contribution in [1.29, 1.82) is 0 Å². The Kier molecular flexibility index (Phi) is 3.41. The van der Waals surface area contributed by atoms with E-state index in [1.165, 1.54) is 11.1 Å². The molecule has 1 aliphatic carbocycles. The fraction of sp³-hybridized carbons (Fsp3) is 0.500. The first kappa shape index (κ1) is 13.4. The molecule has 1 aromatic rings. The smallest absolute Gasteiger partial charge is 0.315 e. The molecule has 0 radical (unpaired) electrons. The molecular weight excluding hydrogens is 276 g/mol. The van der Waals surface area contributed by atoms with Crippen molar-refractivity contribution in [2.24, 2.45) is 0 Å². The number of aryl methyl sites for hydroxylation is 1. The van der Waals surface area contributed by atoms with E-state index in [1.807, 2.05) is 18.2 Å². The van der Waals surface area contributed by atoms with Gasteiger partial charge < -0.3 is 10.6 Å². The van der Waals surface area contributed by atoms with E-state index >= 15 is 0 Å². The van der Waals surface area contributed by atoms with Crippen LogP contribution in [0.4, 0.5) is 4.79 Å². The highest BCUT2D eigenvalue weighted by molar-refractivity contribution is 7.91. The van der Waals surface area contributed by atoms with Crippen molar-refractivity contribution >= 4 is 15.9 Å². The van der Waals surface area contributed by atoms with Gasteiger partial charge >= 0.3 is 6.03 Å². The Morgan fingerprint density at radius 2 is 1.95 bits per heavy atom. The summed E-state index contributed by atoms with van der Waals surface area (Å²) in [6.07, 6.45) is 2.38. The molecule has 0 aromatic heterocycles. The summed E-state index contributed by atoms with van der Waals surface area (Å²) in [5.74, 6) is 0.228. The van der Waals surface area contributed by atoms with Gasteiger partial charge in [-0.15, -0.1) is 0 Å². The third-order valence-electron chi connectivity index (χ3n) is 4.01. The Morgan fingerprint density at radius 1 is 1.15 bits per heavy atom. The zero-order chi connectivity index (χ0) is 14.2. The zero-order valence-electron chi connectivity index (χ0n) is 11.1. The first-order valence-electron chi connectivity index (χ1n) is 6.89. The van der Waals surface area contributed by atoms with Crippen LogP contribution in [0, 0.1) is 0 Å². The molecule has 2 aliphatic rings. The highest BCUT2D eigenvalue weighted by Crippen LogP contribution is 2.30. The van der Waals surface area contributed by atoms with Gasteiger partial charge in [0.2, 0.25) is 0 Å². The molecule has 1 aliphatic heterocycles. The number of carbonyl (C=O) groups excluding carboxylic acids is 1. The van der Waals surface area contributed by atoms with Crippen molar-refractivity contribution in [2.45, 2.75) is 31.3 Å². The molecule has 0 unspecified atom stereocenters. The minimum absolute atomic E-state index is 0.0317. The molecule has 1 saturated heterocycles. The second kappa shape index (κ2) is 5.09. The fourth-order valence-electron chi connectivity index (χ4n) is 3.00. The van der Waals surface area contributed by atoms with E-state index in [9.17, 15) is 13.2 Å². The molecule has 5 nitrogen and oxygen atoms in total. The molecule has 3 rings (SSSR count). The number of amides is 2. The lowest BCUT2D eigenvalue weighted by Crippen LogP contribution is -2.43. The van der Waals surface area contributed by atoms with Crippen molar-refractivity contribution in [1.82, 2.24) is 10.6 Å². The first-order chi connectivity index (χ1) is 9.53. The van der Waals surface area contributed by atoms with Gasteiger partial charge in [-0.2, -0.15) is 0 Å². The van der Waals surface area contributed by atoms with Crippen molar-refractivity contribution in [3.05, 3.63) is 35.4 Å². The van der Waals surface area contributed by atoms with Crippen LogP contribution in [-0.4, -0.2) is 32.0 Å². The van der Waals surface area contributed by atoms with E-state index < -0.39 is 9.84 Å². The third-order valence-corrected chi connectivity index (χ3v) is 5.77. The van der Waals surface area contributed by atoms with Gasteiger partial charge in [-0.3, -0.25) is 0 Å². The van der Waals surface area contributed by atoms with Crippen molar-refractivity contribution in [2.75, 3.05) is 11.5 Å². The number of hydrogen-bond donors (Lipinski definition) is 2. The summed E-state index contributed by atoms with van der Waals surface area (Å²) in [4.78, 5) is 12.0. The van der Waals surface area contributed by atoms with Gasteiger partial charge in [0.15, 0.2) is 9.84 Å². The van der Waals surface area contributed by atoms with Gasteiger partial charge in [-0.1, -0.05) is 24.3 Å². The summed E-state index contributed by atoms with van der Waals surface area (Å²) >= 11 is 0. The fourth-order valence-corrected chi connectivity index (χ4v) is 4.67. The first-order valence-corrected chi connectivity index (χ1v) is 8.71. The van der Waals surface area contributed by atoms with Crippen LogP contribution in [0.2, 0.25) is 0 Å². The van der Waals surface area contributed by atoms with Gasteiger partial charge in [0.05, 0.1) is 17.5 Å². The van der Waals surface area contributed by atoms with E-state index in [4.69, 9.17) is 0 Å². The minimum Gasteiger partial charge on any atom is -0.334 e. The van der Waals surface area contributed by atoms with Crippen LogP contribution in [0.3, 0.4) is 0 Å². The number of sulfone groups is 1. The summed E-state index contributed by atoms with van der Waals surface area (Å²) < 4.78 is 22.7. The number of carbonyl (C=O) groups is 1. The summed E-state index contributed by atoms with van der Waals surface area (Å²) in [7, 11) is -2.96. The van der Waals surface area contributed by atoms with E-state index in [1.54, 1.807) is 0 Å². The van der Waals surface area contributed by atoms with Gasteiger partial charge in [0.25, 0.3) is 0 Å². The van der Waals surface area contributed by atoms with E-state index in [0.717, 1.165) is 12.8 Å². The van der Waals surface area contributed by atoms with E-state index in [2.05, 4.69) is 16.7 Å². The predicted octanol–water partition coefficient (Wildman–Crippen LogP) is 1.16. The molecule has 1 heterocycles. The van der Waals surface area contributed by atoms with Crippen molar-refractivity contribution < 1.29 is 13.2 Å². The van der Waals surface area contributed by atoms with Gasteiger partial charge in [0.1, 0.15) is 0 Å². The Morgan fingerprint density at radius 3 is 2.70 bits per heavy atom. The van der Waals surface area contributed by atoms with Gasteiger partial charge in [-0.25, -0.2) is 13.2 Å². The number of benzene rings is 1. The second-order valence-electron chi connectivity index (χ2n) is 5.51. The molecule has 2 N–H and O–H groups in total. The molecule has 6 heteroatoms. The predicted molar refractivity (Wildman–Crippen MR) is 76.2 cm³/mol. The average molecular weight is 294 g/mol. The lowest BCUT2D eigenvalue weighted by atomic mass is 10.1. The molecular formula is C14H18N2O3S. The molecule has 2 atom stereocenters. The molecule has 1 fully saturated rings. The maximum Gasteiger partial charge on any atom is 0.315 e. The molecule has 20 heavy (non-hydrogen) atoms. The monoisotopic (exact) mass is 294 g/mol. The van der Waals surface area contributed by atoms with Crippen LogP contribution in [0.1, 0.15) is 30.0 Å². The zero-order valence-corrected chi connectivity index (χ0v) is 11.9. The van der Waals surface area contributed by atoms with E-state index in [0.29, 0.717) is 6.42 Å². The van der Waals surface area contributed by atoms with Crippen molar-refractivity contribution in [3.63, 3.8) is 0 Å². The molecule has 2 amide bonds. The van der Waals surface area contributed by atoms with Gasteiger partial charge in [0, 0.05) is 6.04 Å². The Bertz CT molecular complexity index is 627. The highest BCUT2D eigenvalue weighted by atomic mass is 32.2. The van der Waals surface area contributed by atoms with Crippen molar-refractivity contribution in [3.8, 4) is 0 Å². The summed E-state index contributed by atoms with van der Waals surface area (Å²) in [6.45, 7) is 0. The summed E-state index contributed by atoms with van der Waals surface area (Å²) in [5.41, 5.74) is 2.45. The van der Waals surface area contributed by atoms with Crippen LogP contribution in [0.5, 0.6) is 0 Å². The number of nitrogens with one attached hydrogen (secondary N) is 2. The quantitative estimate of drug-likeness (QED) is 0.859. The van der Waals surface area contributed by atoms with Gasteiger partial charge in [-0.05, 0) is 30.4 Å². The average Bonchev–Trinajstić information content (AvgIpc) is 2.94. The maximum atomic E-state index is 12.0. The normalized spacial score (nSPS) is 27.0. The molecule has 0 bridgehead atoms. The Labute approximate surface area is 118 Å². The molecule has 0 saturated carbocycles. The largest absolute Gasteiger partial charge is 0.334 e. The molecule has 108 valence electrons. The molecule has 1 aromatic carbocycles. The van der Waals surface area contributed by atoms with Crippen LogP contribution < -0.4 is 10.6 Å². The number of fused-ring (bicyclic) bond motifs is 1. The Hall–Kier alpha value is -1.56. The minimum atomic E-state index is -2.96. The van der Waals surface area contributed by atoms with Crippen LogP contribution in [0.15, 0.2) is 24.3 Å². The lowest BCUT2D eigenvalue weighted by Gasteiger charge is -2.17.